The molecule has 0 aromatic heterocycles. The van der Waals surface area contributed by atoms with Gasteiger partial charge in [-0.15, -0.1) is 0 Å². The minimum Gasteiger partial charge on any atom is -0.457 e. The maximum absolute atomic E-state index is 13.7. The van der Waals surface area contributed by atoms with Gasteiger partial charge >= 0.3 is 12.4 Å². The van der Waals surface area contributed by atoms with Crippen LogP contribution in [0.3, 0.4) is 0 Å². The minimum absolute atomic E-state index is 0.0908. The van der Waals surface area contributed by atoms with Crippen LogP contribution in [0, 0.1) is 13.8 Å². The summed E-state index contributed by atoms with van der Waals surface area (Å²) in [5.74, 6) is 0.278. The monoisotopic (exact) mass is 715 g/mol. The second-order valence-electron chi connectivity index (χ2n) is 14.4. The standard InChI is InChI=1S/C22H27F3N2O.C18H20F3NO/c1-7-27(6)14-26-19-13-18(22(23,24)25)20(11-15(19)2)28-17-10-8-9-16(12-17)21(3,4)5;1-11-8-16(14(10-15(11)22)18(19,20)21)23-13-7-5-6-12(9-13)17(2,3)4/h8-14H,7H2,1-6H3;5-10H,22H2,1-4H3. The van der Waals surface area contributed by atoms with Crippen LogP contribution in [0.2, 0.25) is 0 Å². The number of halogens is 6. The highest BCUT2D eigenvalue weighted by molar-refractivity contribution is 5.65. The number of nitrogens with two attached hydrogens (primary N) is 1. The first-order valence-corrected chi connectivity index (χ1v) is 16.4. The first-order chi connectivity index (χ1) is 23.4. The molecule has 0 aliphatic rings. The first kappa shape index (κ1) is 40.8. The number of rotatable bonds is 7. The Morgan fingerprint density at radius 1 is 0.667 bits per heavy atom. The molecule has 0 saturated heterocycles. The average Bonchev–Trinajstić information content (AvgIpc) is 3.00. The van der Waals surface area contributed by atoms with E-state index in [1.807, 2.05) is 67.6 Å². The largest absolute Gasteiger partial charge is 0.457 e. The van der Waals surface area contributed by atoms with E-state index in [1.54, 1.807) is 55.1 Å². The zero-order valence-corrected chi connectivity index (χ0v) is 30.8. The minimum atomic E-state index is -4.55. The number of anilines is 1. The van der Waals surface area contributed by atoms with Crippen molar-refractivity contribution in [2.45, 2.75) is 85.5 Å². The van der Waals surface area contributed by atoms with Gasteiger partial charge in [-0.3, -0.25) is 0 Å². The summed E-state index contributed by atoms with van der Waals surface area (Å²) < 4.78 is 91.8. The molecule has 5 nitrogen and oxygen atoms in total. The zero-order valence-electron chi connectivity index (χ0n) is 30.8. The smallest absolute Gasteiger partial charge is 0.420 e. The fourth-order valence-electron chi connectivity index (χ4n) is 4.67. The number of nitrogen functional groups attached to an aromatic ring is 1. The summed E-state index contributed by atoms with van der Waals surface area (Å²) >= 11 is 0. The summed E-state index contributed by atoms with van der Waals surface area (Å²) in [4.78, 5) is 5.98. The van der Waals surface area contributed by atoms with Crippen molar-refractivity contribution in [2.75, 3.05) is 19.3 Å². The van der Waals surface area contributed by atoms with Crippen molar-refractivity contribution in [3.05, 3.63) is 106 Å². The Balaban J connectivity index is 0.000000281. The SMILES string of the molecule is CCN(C)C=Nc1cc(C(F)(F)F)c(Oc2cccc(C(C)(C)C)c2)cc1C.Cc1cc(Oc2cccc(C(C)(C)C)c2)c(C(F)(F)F)cc1N. The van der Waals surface area contributed by atoms with Gasteiger partial charge in [0.15, 0.2) is 0 Å². The van der Waals surface area contributed by atoms with Gasteiger partial charge in [-0.2, -0.15) is 26.3 Å². The molecule has 276 valence electrons. The van der Waals surface area contributed by atoms with Crippen molar-refractivity contribution in [2.24, 2.45) is 4.99 Å². The van der Waals surface area contributed by atoms with E-state index in [4.69, 9.17) is 15.2 Å². The summed E-state index contributed by atoms with van der Waals surface area (Å²) in [6, 6.07) is 18.9. The van der Waals surface area contributed by atoms with Crippen molar-refractivity contribution in [1.82, 2.24) is 4.90 Å². The summed E-state index contributed by atoms with van der Waals surface area (Å²) in [5.41, 5.74) is 7.11. The Kier molecular flexibility index (Phi) is 12.5. The lowest BCUT2D eigenvalue weighted by molar-refractivity contribution is -0.139. The third kappa shape index (κ3) is 11.4. The molecule has 0 fully saturated rings. The van der Waals surface area contributed by atoms with E-state index < -0.39 is 23.5 Å². The molecule has 4 aromatic carbocycles. The number of benzene rings is 4. The van der Waals surface area contributed by atoms with E-state index in [0.717, 1.165) is 23.3 Å². The maximum Gasteiger partial charge on any atom is 0.420 e. The molecule has 0 atom stereocenters. The normalized spacial score (nSPS) is 12.4. The molecule has 0 heterocycles. The van der Waals surface area contributed by atoms with Crippen LogP contribution in [0.4, 0.5) is 37.7 Å². The molecule has 2 N–H and O–H groups in total. The number of aliphatic imine (C=N–C) groups is 1. The second kappa shape index (κ2) is 15.7. The molecule has 0 saturated carbocycles. The van der Waals surface area contributed by atoms with Crippen LogP contribution in [0.1, 0.15) is 81.8 Å². The number of hydrogen-bond acceptors (Lipinski definition) is 4. The fourth-order valence-corrected chi connectivity index (χ4v) is 4.67. The van der Waals surface area contributed by atoms with Crippen LogP contribution < -0.4 is 15.2 Å². The van der Waals surface area contributed by atoms with Gasteiger partial charge in [0.05, 0.1) is 12.0 Å². The number of alkyl halides is 6. The predicted molar refractivity (Wildman–Crippen MR) is 194 cm³/mol. The van der Waals surface area contributed by atoms with E-state index in [1.165, 1.54) is 18.5 Å². The second-order valence-corrected chi connectivity index (χ2v) is 14.4. The lowest BCUT2D eigenvalue weighted by Crippen LogP contribution is -2.14. The van der Waals surface area contributed by atoms with Crippen LogP contribution >= 0.6 is 0 Å². The van der Waals surface area contributed by atoms with Crippen molar-refractivity contribution >= 4 is 17.7 Å². The van der Waals surface area contributed by atoms with E-state index >= 15 is 0 Å². The lowest BCUT2D eigenvalue weighted by atomic mass is 9.87. The van der Waals surface area contributed by atoms with Crippen molar-refractivity contribution in [1.29, 1.82) is 0 Å². The van der Waals surface area contributed by atoms with Gasteiger partial charge in [0.1, 0.15) is 34.1 Å². The van der Waals surface area contributed by atoms with Gasteiger partial charge in [0, 0.05) is 19.3 Å². The number of nitrogens with zero attached hydrogens (tertiary/aromatic N) is 2. The predicted octanol–water partition coefficient (Wildman–Crippen LogP) is 12.4. The van der Waals surface area contributed by atoms with Gasteiger partial charge in [-0.05, 0) is 102 Å². The topological polar surface area (TPSA) is 60.1 Å². The molecule has 0 spiro atoms. The van der Waals surface area contributed by atoms with Crippen molar-refractivity contribution in [3.8, 4) is 23.0 Å². The molecule has 0 bridgehead atoms. The molecular formula is C40H47F6N3O2. The van der Waals surface area contributed by atoms with Crippen LogP contribution in [0.15, 0.2) is 77.8 Å². The molecule has 0 amide bonds. The molecule has 4 aromatic rings. The third-order valence-electron chi connectivity index (χ3n) is 8.03. The highest BCUT2D eigenvalue weighted by Crippen LogP contribution is 2.43. The molecular weight excluding hydrogens is 668 g/mol. The highest BCUT2D eigenvalue weighted by atomic mass is 19.4. The quantitative estimate of drug-likeness (QED) is 0.0896. The maximum atomic E-state index is 13.7. The van der Waals surface area contributed by atoms with Gasteiger partial charge < -0.3 is 20.1 Å². The van der Waals surface area contributed by atoms with Crippen LogP contribution in [-0.4, -0.2) is 24.8 Å². The van der Waals surface area contributed by atoms with Crippen molar-refractivity contribution < 1.29 is 35.8 Å². The van der Waals surface area contributed by atoms with E-state index in [9.17, 15) is 26.3 Å². The van der Waals surface area contributed by atoms with Crippen molar-refractivity contribution in [3.63, 3.8) is 0 Å². The molecule has 11 heteroatoms. The Labute approximate surface area is 297 Å². The summed E-state index contributed by atoms with van der Waals surface area (Å²) in [6.07, 6.45) is -7.56. The Morgan fingerprint density at radius 3 is 1.51 bits per heavy atom. The van der Waals surface area contributed by atoms with Gasteiger partial charge in [-0.25, -0.2) is 4.99 Å². The molecule has 0 aliphatic carbocycles. The Bertz CT molecular complexity index is 1830. The number of hydrogen-bond donors (Lipinski definition) is 1. The average molecular weight is 716 g/mol. The fraction of sp³-hybridized carbons (Fsp3) is 0.375. The molecule has 0 unspecified atom stereocenters. The molecule has 51 heavy (non-hydrogen) atoms. The summed E-state index contributed by atoms with van der Waals surface area (Å²) in [5, 5.41) is 0. The Hall–Kier alpha value is -4.67. The van der Waals surface area contributed by atoms with Gasteiger partial charge in [0.2, 0.25) is 0 Å². The lowest BCUT2D eigenvalue weighted by Gasteiger charge is -2.21. The van der Waals surface area contributed by atoms with E-state index in [-0.39, 0.29) is 33.7 Å². The first-order valence-electron chi connectivity index (χ1n) is 16.4. The molecule has 0 aliphatic heterocycles. The van der Waals surface area contributed by atoms with Crippen LogP contribution in [0.5, 0.6) is 23.0 Å². The summed E-state index contributed by atoms with van der Waals surface area (Å²) in [6.45, 7) is 18.2. The van der Waals surface area contributed by atoms with E-state index in [0.29, 0.717) is 29.2 Å². The van der Waals surface area contributed by atoms with Gasteiger partial charge in [0.25, 0.3) is 0 Å². The summed E-state index contributed by atoms with van der Waals surface area (Å²) in [7, 11) is 1.81. The van der Waals surface area contributed by atoms with Gasteiger partial charge in [-0.1, -0.05) is 65.8 Å². The Morgan fingerprint density at radius 2 is 1.10 bits per heavy atom. The van der Waals surface area contributed by atoms with Crippen LogP contribution in [0.25, 0.3) is 0 Å². The molecule has 4 rings (SSSR count). The van der Waals surface area contributed by atoms with Crippen LogP contribution in [-0.2, 0) is 23.2 Å². The zero-order chi connectivity index (χ0) is 38.5. The highest BCUT2D eigenvalue weighted by Gasteiger charge is 2.36. The third-order valence-corrected chi connectivity index (χ3v) is 8.03. The number of ether oxygens (including phenoxy) is 2. The molecule has 0 radical (unpaired) electrons. The van der Waals surface area contributed by atoms with E-state index in [2.05, 4.69) is 4.99 Å². The number of aryl methyl sites for hydroxylation is 2.